The van der Waals surface area contributed by atoms with Gasteiger partial charge in [0.05, 0.1) is 10.5 Å². The average molecular weight is 223 g/mol. The number of carboxylic acids is 1. The normalized spacial score (nSPS) is 10.0. The Kier molecular flexibility index (Phi) is 3.00. The minimum atomic E-state index is -1.27. The van der Waals surface area contributed by atoms with Gasteiger partial charge in [0.1, 0.15) is 0 Å². The summed E-state index contributed by atoms with van der Waals surface area (Å²) in [7, 11) is 5.84. The summed E-state index contributed by atoms with van der Waals surface area (Å²) < 4.78 is 12.8. The number of carbonyl (C=O) groups is 1. The van der Waals surface area contributed by atoms with Crippen molar-refractivity contribution in [1.82, 2.24) is 0 Å². The Bertz CT molecular complexity index is 356. The van der Waals surface area contributed by atoms with Crippen LogP contribution in [0.4, 0.5) is 4.39 Å². The molecule has 0 aliphatic carbocycles. The predicted molar refractivity (Wildman–Crippen MR) is 46.7 cm³/mol. The molecule has 6 heteroatoms. The third kappa shape index (κ3) is 2.05. The van der Waals surface area contributed by atoms with Crippen LogP contribution in [-0.4, -0.2) is 16.2 Å². The van der Waals surface area contributed by atoms with Crippen LogP contribution in [0.3, 0.4) is 0 Å². The van der Waals surface area contributed by atoms with E-state index in [9.17, 15) is 9.18 Å². The number of aromatic hydroxyl groups is 1. The van der Waals surface area contributed by atoms with E-state index in [1.54, 1.807) is 0 Å². The summed E-state index contributed by atoms with van der Waals surface area (Å²) in [5.41, 5.74) is -0.251. The van der Waals surface area contributed by atoms with Gasteiger partial charge >= 0.3 is 5.97 Å². The molecule has 0 saturated carbocycles. The van der Waals surface area contributed by atoms with Crippen LogP contribution in [-0.2, 0) is 0 Å². The van der Waals surface area contributed by atoms with E-state index in [2.05, 4.69) is 0 Å². The first kappa shape index (κ1) is 10.1. The van der Waals surface area contributed by atoms with Gasteiger partial charge in [-0.3, -0.25) is 0 Å². The lowest BCUT2D eigenvalue weighted by atomic mass is 10.2. The van der Waals surface area contributed by atoms with E-state index in [1.165, 1.54) is 0 Å². The summed E-state index contributed by atoms with van der Waals surface area (Å²) in [6.07, 6.45) is 0. The number of rotatable bonds is 2. The molecule has 0 radical (unpaired) electrons. The quantitative estimate of drug-likeness (QED) is 0.807. The van der Waals surface area contributed by atoms with Gasteiger partial charge in [-0.25, -0.2) is 9.18 Å². The number of phenolic OH excluding ortho intramolecular Hbond substituents is 1. The Morgan fingerprint density at radius 3 is 2.62 bits per heavy atom. The highest BCUT2D eigenvalue weighted by Gasteiger charge is 2.13. The van der Waals surface area contributed by atoms with E-state index in [0.29, 0.717) is 11.0 Å². The van der Waals surface area contributed by atoms with Gasteiger partial charge in [0, 0.05) is 0 Å². The molecule has 13 heavy (non-hydrogen) atoms. The van der Waals surface area contributed by atoms with Crippen molar-refractivity contribution in [1.29, 1.82) is 0 Å². The molecule has 2 N–H and O–H groups in total. The van der Waals surface area contributed by atoms with E-state index in [4.69, 9.17) is 20.9 Å². The molecule has 0 aliphatic rings. The van der Waals surface area contributed by atoms with E-state index in [0.717, 1.165) is 12.1 Å². The number of hydrogen-bond acceptors (Lipinski definition) is 3. The second-order valence-corrected chi connectivity index (χ2v) is 3.24. The Morgan fingerprint density at radius 2 is 2.15 bits per heavy atom. The molecule has 0 fully saturated rings. The van der Waals surface area contributed by atoms with Crippen LogP contribution in [0.25, 0.3) is 0 Å². The maximum Gasteiger partial charge on any atom is 0.335 e. The number of aromatic carboxylic acids is 1. The van der Waals surface area contributed by atoms with Crippen molar-refractivity contribution < 1.29 is 19.4 Å². The van der Waals surface area contributed by atoms with Crippen molar-refractivity contribution >= 4 is 27.6 Å². The highest BCUT2D eigenvalue weighted by molar-refractivity contribution is 8.21. The molecular formula is C7H4ClFO3S. The van der Waals surface area contributed by atoms with Crippen LogP contribution in [0, 0.1) is 5.82 Å². The highest BCUT2D eigenvalue weighted by Crippen LogP contribution is 2.34. The van der Waals surface area contributed by atoms with Gasteiger partial charge in [0.15, 0.2) is 11.6 Å². The lowest BCUT2D eigenvalue weighted by molar-refractivity contribution is 0.0696. The molecule has 1 rings (SSSR count). The summed E-state index contributed by atoms with van der Waals surface area (Å²) in [4.78, 5) is 10.4. The lowest BCUT2D eigenvalue weighted by Crippen LogP contribution is -1.97. The maximum atomic E-state index is 12.8. The Morgan fingerprint density at radius 1 is 1.54 bits per heavy atom. The molecule has 1 aromatic rings. The molecule has 0 aromatic heterocycles. The number of benzene rings is 1. The molecule has 0 atom stereocenters. The summed E-state index contributed by atoms with van der Waals surface area (Å²) >= 11 is 0. The second-order valence-electron chi connectivity index (χ2n) is 2.19. The van der Waals surface area contributed by atoms with Gasteiger partial charge < -0.3 is 10.2 Å². The molecule has 0 unspecified atom stereocenters. The van der Waals surface area contributed by atoms with Gasteiger partial charge in [0.2, 0.25) is 0 Å². The van der Waals surface area contributed by atoms with Gasteiger partial charge in [-0.2, -0.15) is 0 Å². The highest BCUT2D eigenvalue weighted by atomic mass is 35.7. The van der Waals surface area contributed by atoms with Crippen LogP contribution in [0.2, 0.25) is 0 Å². The van der Waals surface area contributed by atoms with Crippen LogP contribution in [0.1, 0.15) is 10.4 Å². The Balaban J connectivity index is 3.30. The third-order valence-electron chi connectivity index (χ3n) is 1.36. The topological polar surface area (TPSA) is 57.5 Å². The molecule has 0 amide bonds. The fourth-order valence-corrected chi connectivity index (χ4v) is 1.45. The molecule has 0 saturated heterocycles. The largest absolute Gasteiger partial charge is 0.504 e. The predicted octanol–water partition coefficient (Wildman–Crippen LogP) is 2.48. The van der Waals surface area contributed by atoms with Gasteiger partial charge in [-0.1, -0.05) is 0 Å². The van der Waals surface area contributed by atoms with Crippen LogP contribution in [0.5, 0.6) is 5.75 Å². The van der Waals surface area contributed by atoms with Crippen molar-refractivity contribution in [3.05, 3.63) is 23.5 Å². The van der Waals surface area contributed by atoms with Crippen molar-refractivity contribution in [2.75, 3.05) is 0 Å². The zero-order valence-electron chi connectivity index (χ0n) is 6.12. The maximum absolute atomic E-state index is 12.8. The summed E-state index contributed by atoms with van der Waals surface area (Å²) in [6, 6.07) is 1.83. The van der Waals surface area contributed by atoms with E-state index in [-0.39, 0.29) is 10.5 Å². The molecule has 0 heterocycles. The fraction of sp³-hybridized carbons (Fsp3) is 0. The summed E-state index contributed by atoms with van der Waals surface area (Å²) in [5, 5.41) is 17.6. The summed E-state index contributed by atoms with van der Waals surface area (Å²) in [5.74, 6) is -2.90. The SMILES string of the molecule is O=C(O)c1cc(F)c(O)c(SCl)c1. The number of carboxylic acid groups (broad SMARTS) is 1. The zero-order valence-corrected chi connectivity index (χ0v) is 7.69. The standard InChI is InChI=1S/C7H4ClFO3S/c8-13-5-2-3(7(11)12)1-4(9)6(5)10/h1-2,10H,(H,11,12). The molecule has 1 aromatic carbocycles. The zero-order chi connectivity index (χ0) is 10.0. The minimum Gasteiger partial charge on any atom is -0.504 e. The van der Waals surface area contributed by atoms with Crippen molar-refractivity contribution in [2.24, 2.45) is 0 Å². The fourth-order valence-electron chi connectivity index (χ4n) is 0.756. The molecule has 0 spiro atoms. The third-order valence-corrected chi connectivity index (χ3v) is 2.33. The monoisotopic (exact) mass is 222 g/mol. The number of halogens is 2. The van der Waals surface area contributed by atoms with E-state index < -0.39 is 17.5 Å². The molecule has 0 aliphatic heterocycles. The van der Waals surface area contributed by atoms with Crippen molar-refractivity contribution in [3.8, 4) is 5.75 Å². The van der Waals surface area contributed by atoms with E-state index in [1.807, 2.05) is 0 Å². The Hall–Kier alpha value is -0.940. The second kappa shape index (κ2) is 3.85. The smallest absolute Gasteiger partial charge is 0.335 e. The van der Waals surface area contributed by atoms with E-state index >= 15 is 0 Å². The molecule has 3 nitrogen and oxygen atoms in total. The molecular weight excluding hydrogens is 219 g/mol. The number of phenols is 1. The van der Waals surface area contributed by atoms with Gasteiger partial charge in [-0.05, 0) is 33.8 Å². The molecule has 70 valence electrons. The average Bonchev–Trinajstić information content (AvgIpc) is 2.09. The van der Waals surface area contributed by atoms with Crippen molar-refractivity contribution in [2.45, 2.75) is 4.90 Å². The van der Waals surface area contributed by atoms with Crippen LogP contribution in [0.15, 0.2) is 17.0 Å². The van der Waals surface area contributed by atoms with Crippen molar-refractivity contribution in [3.63, 3.8) is 0 Å². The Labute approximate surface area is 81.6 Å². The first-order chi connectivity index (χ1) is 6.06. The minimum absolute atomic E-state index is 0.0148. The molecule has 0 bridgehead atoms. The van der Waals surface area contributed by atoms with Gasteiger partial charge in [0.25, 0.3) is 0 Å². The first-order valence-corrected chi connectivity index (χ1v) is 4.75. The van der Waals surface area contributed by atoms with Crippen LogP contribution >= 0.6 is 21.7 Å². The van der Waals surface area contributed by atoms with Gasteiger partial charge in [-0.15, -0.1) is 0 Å². The first-order valence-electron chi connectivity index (χ1n) is 3.10. The van der Waals surface area contributed by atoms with Crippen LogP contribution < -0.4 is 0 Å². The number of hydrogen-bond donors (Lipinski definition) is 2. The summed E-state index contributed by atoms with van der Waals surface area (Å²) in [6.45, 7) is 0. The lowest BCUT2D eigenvalue weighted by Gasteiger charge is -2.02.